The van der Waals surface area contributed by atoms with E-state index in [9.17, 15) is 9.59 Å². The van der Waals surface area contributed by atoms with Crippen LogP contribution in [0.5, 0.6) is 0 Å². The first kappa shape index (κ1) is 15.3. The molecule has 2 rings (SSSR count). The van der Waals surface area contributed by atoms with Crippen molar-refractivity contribution >= 4 is 11.9 Å². The number of nitrogens with one attached hydrogen (secondary N) is 1. The van der Waals surface area contributed by atoms with Gasteiger partial charge in [0.2, 0.25) is 5.91 Å². The summed E-state index contributed by atoms with van der Waals surface area (Å²) >= 11 is 0. The third kappa shape index (κ3) is 5.46. The molecule has 0 bridgehead atoms. The van der Waals surface area contributed by atoms with Crippen LogP contribution in [0.2, 0.25) is 0 Å². The van der Waals surface area contributed by atoms with E-state index in [-0.39, 0.29) is 18.4 Å². The smallest absolute Gasteiger partial charge is 0.326 e. The number of hydrogen-bond acceptors (Lipinski definition) is 4. The molecule has 1 unspecified atom stereocenters. The van der Waals surface area contributed by atoms with E-state index in [1.54, 1.807) is 0 Å². The molecule has 6 heteroatoms. The molecule has 2 N–H and O–H groups in total. The highest BCUT2D eigenvalue weighted by atomic mass is 16.5. The number of ether oxygens (including phenoxy) is 2. The normalized spacial score (nSPS) is 21.4. The fourth-order valence-electron chi connectivity index (χ4n) is 2.34. The summed E-state index contributed by atoms with van der Waals surface area (Å²) in [5.74, 6) is -0.726. The van der Waals surface area contributed by atoms with Crippen molar-refractivity contribution in [2.45, 2.75) is 50.7 Å². The minimum absolute atomic E-state index is 0.165. The Kier molecular flexibility index (Phi) is 5.79. The van der Waals surface area contributed by atoms with Crippen LogP contribution in [0.1, 0.15) is 38.5 Å². The summed E-state index contributed by atoms with van der Waals surface area (Å²) in [4.78, 5) is 22.8. The number of carbonyl (C=O) groups is 2. The first-order valence-corrected chi connectivity index (χ1v) is 7.36. The van der Waals surface area contributed by atoms with Gasteiger partial charge in [-0.15, -0.1) is 0 Å². The Hall–Kier alpha value is -1.14. The van der Waals surface area contributed by atoms with E-state index in [4.69, 9.17) is 14.6 Å². The third-order valence-electron chi connectivity index (χ3n) is 3.75. The Balaban J connectivity index is 1.61. The Morgan fingerprint density at radius 3 is 2.55 bits per heavy atom. The Labute approximate surface area is 118 Å². The lowest BCUT2D eigenvalue weighted by atomic mass is 10.1. The molecule has 0 aromatic heterocycles. The van der Waals surface area contributed by atoms with Crippen LogP contribution in [0.25, 0.3) is 0 Å². The summed E-state index contributed by atoms with van der Waals surface area (Å²) in [7, 11) is 0. The van der Waals surface area contributed by atoms with Crippen molar-refractivity contribution in [2.24, 2.45) is 5.92 Å². The molecule has 20 heavy (non-hydrogen) atoms. The van der Waals surface area contributed by atoms with E-state index in [0.717, 1.165) is 25.7 Å². The van der Waals surface area contributed by atoms with Crippen molar-refractivity contribution in [3.05, 3.63) is 0 Å². The summed E-state index contributed by atoms with van der Waals surface area (Å²) in [6, 6.07) is -0.752. The molecule has 2 aliphatic rings. The highest BCUT2D eigenvalue weighted by Crippen LogP contribution is 2.33. The minimum Gasteiger partial charge on any atom is -0.480 e. The molecular weight excluding hydrogens is 262 g/mol. The van der Waals surface area contributed by atoms with E-state index in [0.29, 0.717) is 32.2 Å². The predicted molar refractivity (Wildman–Crippen MR) is 71.3 cm³/mol. The van der Waals surface area contributed by atoms with Crippen molar-refractivity contribution in [2.75, 3.05) is 19.8 Å². The van der Waals surface area contributed by atoms with E-state index in [2.05, 4.69) is 5.32 Å². The lowest BCUT2D eigenvalue weighted by Crippen LogP contribution is -2.41. The van der Waals surface area contributed by atoms with Crippen molar-refractivity contribution in [3.63, 3.8) is 0 Å². The monoisotopic (exact) mass is 285 g/mol. The van der Waals surface area contributed by atoms with Gasteiger partial charge in [-0.05, 0) is 25.2 Å². The van der Waals surface area contributed by atoms with E-state index in [1.807, 2.05) is 0 Å². The Morgan fingerprint density at radius 2 is 1.95 bits per heavy atom. The van der Waals surface area contributed by atoms with Gasteiger partial charge in [0.05, 0.1) is 12.7 Å². The lowest BCUT2D eigenvalue weighted by Gasteiger charge is -2.22. The van der Waals surface area contributed by atoms with Crippen LogP contribution in [0, 0.1) is 5.92 Å². The molecule has 0 aromatic carbocycles. The molecule has 2 fully saturated rings. The molecule has 1 atom stereocenters. The highest BCUT2D eigenvalue weighted by Gasteiger charge is 2.30. The lowest BCUT2D eigenvalue weighted by molar-refractivity contribution is -0.142. The molecule has 1 aliphatic heterocycles. The summed E-state index contributed by atoms with van der Waals surface area (Å²) in [6.45, 7) is 1.75. The first-order valence-electron chi connectivity index (χ1n) is 7.36. The number of carboxylic acids is 1. The third-order valence-corrected chi connectivity index (χ3v) is 3.75. The quantitative estimate of drug-likeness (QED) is 0.693. The fraction of sp³-hybridized carbons (Fsp3) is 0.857. The van der Waals surface area contributed by atoms with Crippen LogP contribution in [0.15, 0.2) is 0 Å². The van der Waals surface area contributed by atoms with Crippen LogP contribution in [-0.2, 0) is 19.1 Å². The molecule has 0 aromatic rings. The molecule has 0 radical (unpaired) electrons. The van der Waals surface area contributed by atoms with E-state index < -0.39 is 12.0 Å². The molecule has 1 heterocycles. The SMILES string of the molecule is O=C(CCOC1CCOCC1)NC(CC1CC1)C(=O)O. The summed E-state index contributed by atoms with van der Waals surface area (Å²) in [5.41, 5.74) is 0. The van der Waals surface area contributed by atoms with Crippen molar-refractivity contribution < 1.29 is 24.2 Å². The van der Waals surface area contributed by atoms with Gasteiger partial charge in [-0.1, -0.05) is 12.8 Å². The van der Waals surface area contributed by atoms with Gasteiger partial charge in [0.25, 0.3) is 0 Å². The van der Waals surface area contributed by atoms with Gasteiger partial charge in [0, 0.05) is 19.6 Å². The number of carbonyl (C=O) groups excluding carboxylic acids is 1. The standard InChI is InChI=1S/C14H23NO5/c16-13(5-8-20-11-3-6-19-7-4-11)15-12(14(17)18)9-10-1-2-10/h10-12H,1-9H2,(H,15,16)(H,17,18). The fourth-order valence-corrected chi connectivity index (χ4v) is 2.34. The largest absolute Gasteiger partial charge is 0.480 e. The molecule has 6 nitrogen and oxygen atoms in total. The highest BCUT2D eigenvalue weighted by molar-refractivity contribution is 5.83. The van der Waals surface area contributed by atoms with Gasteiger partial charge >= 0.3 is 5.97 Å². The molecular formula is C14H23NO5. The number of rotatable bonds is 8. The van der Waals surface area contributed by atoms with Gasteiger partial charge < -0.3 is 19.9 Å². The van der Waals surface area contributed by atoms with Gasteiger partial charge in [-0.3, -0.25) is 4.79 Å². The maximum Gasteiger partial charge on any atom is 0.326 e. The van der Waals surface area contributed by atoms with Gasteiger partial charge in [-0.2, -0.15) is 0 Å². The number of amides is 1. The molecule has 1 aliphatic carbocycles. The van der Waals surface area contributed by atoms with Gasteiger partial charge in [0.15, 0.2) is 0 Å². The summed E-state index contributed by atoms with van der Waals surface area (Å²) in [5, 5.41) is 11.7. The van der Waals surface area contributed by atoms with Crippen LogP contribution in [0.4, 0.5) is 0 Å². The van der Waals surface area contributed by atoms with Crippen LogP contribution in [0.3, 0.4) is 0 Å². The second-order valence-electron chi connectivity index (χ2n) is 5.57. The van der Waals surface area contributed by atoms with Crippen molar-refractivity contribution in [1.29, 1.82) is 0 Å². The summed E-state index contributed by atoms with van der Waals surface area (Å²) in [6.07, 6.45) is 4.80. The minimum atomic E-state index is -0.949. The molecule has 1 amide bonds. The van der Waals surface area contributed by atoms with Gasteiger partial charge in [0.1, 0.15) is 6.04 Å². The zero-order valence-electron chi connectivity index (χ0n) is 11.7. The number of hydrogen-bond donors (Lipinski definition) is 2. The van der Waals surface area contributed by atoms with Crippen LogP contribution < -0.4 is 5.32 Å². The first-order chi connectivity index (χ1) is 9.65. The average Bonchev–Trinajstić information content (AvgIpc) is 3.23. The summed E-state index contributed by atoms with van der Waals surface area (Å²) < 4.78 is 10.8. The Bertz CT molecular complexity index is 336. The van der Waals surface area contributed by atoms with E-state index >= 15 is 0 Å². The number of aliphatic carboxylic acids is 1. The molecule has 0 spiro atoms. The average molecular weight is 285 g/mol. The molecule has 1 saturated carbocycles. The van der Waals surface area contributed by atoms with E-state index in [1.165, 1.54) is 0 Å². The van der Waals surface area contributed by atoms with Crippen LogP contribution >= 0.6 is 0 Å². The zero-order valence-corrected chi connectivity index (χ0v) is 11.7. The van der Waals surface area contributed by atoms with Crippen molar-refractivity contribution in [3.8, 4) is 0 Å². The maximum atomic E-state index is 11.7. The zero-order chi connectivity index (χ0) is 14.4. The van der Waals surface area contributed by atoms with Crippen molar-refractivity contribution in [1.82, 2.24) is 5.32 Å². The van der Waals surface area contributed by atoms with Crippen LogP contribution in [-0.4, -0.2) is 48.9 Å². The van der Waals surface area contributed by atoms with Gasteiger partial charge in [-0.25, -0.2) is 4.79 Å². The Morgan fingerprint density at radius 1 is 1.25 bits per heavy atom. The second kappa shape index (κ2) is 7.59. The number of carboxylic acid groups (broad SMARTS) is 1. The second-order valence-corrected chi connectivity index (χ2v) is 5.57. The predicted octanol–water partition coefficient (Wildman–Crippen LogP) is 0.942. The molecule has 1 saturated heterocycles. The topological polar surface area (TPSA) is 84.9 Å². The maximum absolute atomic E-state index is 11.7. The molecule has 114 valence electrons.